The van der Waals surface area contributed by atoms with E-state index in [2.05, 4.69) is 9.97 Å². The summed E-state index contributed by atoms with van der Waals surface area (Å²) in [6.07, 6.45) is -3.53. The van der Waals surface area contributed by atoms with Crippen LogP contribution in [0, 0.1) is 0 Å². The first-order valence-electron chi connectivity index (χ1n) is 4.83. The number of nitrogens with zero attached hydrogens (tertiary/aromatic N) is 1. The molecule has 9 heteroatoms. The number of aromatic nitrogens is 2. The molecule has 0 bridgehead atoms. The Morgan fingerprint density at radius 3 is 2.53 bits per heavy atom. The number of aliphatic hydroxyl groups excluding tert-OH is 2. The Morgan fingerprint density at radius 2 is 1.95 bits per heavy atom. The molecule has 0 aliphatic carbocycles. The zero-order chi connectivity index (χ0) is 12.6. The van der Waals surface area contributed by atoms with Gasteiger partial charge in [-0.2, -0.15) is 0 Å². The van der Waals surface area contributed by atoms with E-state index in [1.54, 1.807) is 18.2 Å². The van der Waals surface area contributed by atoms with Gasteiger partial charge in [0.2, 0.25) is 0 Å². The van der Waals surface area contributed by atoms with E-state index >= 15 is 0 Å². The average Bonchev–Trinajstić information content (AvgIpc) is 2.69. The first kappa shape index (κ1) is 17.5. The molecule has 0 aliphatic heterocycles. The molecule has 1 heterocycles. The number of carbonyl (C=O) groups is 1. The minimum atomic E-state index is -1.92. The van der Waals surface area contributed by atoms with Gasteiger partial charge in [-0.05, 0) is 18.2 Å². The summed E-state index contributed by atoms with van der Waals surface area (Å²) in [6.45, 7) is 0. The fourth-order valence-corrected chi connectivity index (χ4v) is 1.47. The van der Waals surface area contributed by atoms with Crippen LogP contribution in [0.3, 0.4) is 0 Å². The van der Waals surface area contributed by atoms with Crippen molar-refractivity contribution in [1.82, 2.24) is 9.97 Å². The first-order chi connectivity index (χ1) is 7.99. The Hall–Kier alpha value is -1.54. The number of benzene rings is 1. The molecule has 1 aromatic heterocycles. The van der Waals surface area contributed by atoms with Crippen LogP contribution >= 0.6 is 24.8 Å². The lowest BCUT2D eigenvalue weighted by molar-refractivity contribution is -0.153. The van der Waals surface area contributed by atoms with Crippen molar-refractivity contribution in [1.29, 1.82) is 0 Å². The zero-order valence-corrected chi connectivity index (χ0v) is 11.1. The van der Waals surface area contributed by atoms with Crippen molar-refractivity contribution in [3.63, 3.8) is 0 Å². The topological polar surface area (TPSA) is 132 Å². The Kier molecular flexibility index (Phi) is 6.04. The molecule has 0 spiro atoms. The van der Waals surface area contributed by atoms with Gasteiger partial charge in [0, 0.05) is 5.69 Å². The van der Waals surface area contributed by atoms with Gasteiger partial charge in [0.15, 0.2) is 6.10 Å². The van der Waals surface area contributed by atoms with Crippen molar-refractivity contribution in [2.75, 3.05) is 5.73 Å². The highest BCUT2D eigenvalue weighted by Gasteiger charge is 2.27. The number of fused-ring (bicyclic) bond motifs is 1. The van der Waals surface area contributed by atoms with Crippen LogP contribution in [0.15, 0.2) is 18.2 Å². The SMILES string of the molecule is Cl.Cl.Nc1ccc2nc(C(O)C(O)C(=O)O)[nH]c2c1. The second-order valence-corrected chi connectivity index (χ2v) is 3.63. The number of carboxylic acid groups (broad SMARTS) is 1. The summed E-state index contributed by atoms with van der Waals surface area (Å²) >= 11 is 0. The van der Waals surface area contributed by atoms with Crippen LogP contribution in [0.25, 0.3) is 11.0 Å². The quantitative estimate of drug-likeness (QED) is 0.523. The van der Waals surface area contributed by atoms with Crippen LogP contribution in [0.1, 0.15) is 11.9 Å². The summed E-state index contributed by atoms with van der Waals surface area (Å²) in [4.78, 5) is 17.2. The number of anilines is 1. The van der Waals surface area contributed by atoms with Crippen LogP contribution in [0.4, 0.5) is 5.69 Å². The number of rotatable bonds is 3. The second-order valence-electron chi connectivity index (χ2n) is 3.63. The molecular formula is C10H13Cl2N3O4. The van der Waals surface area contributed by atoms with E-state index in [1.165, 1.54) is 0 Å². The lowest BCUT2D eigenvalue weighted by Crippen LogP contribution is -2.28. The number of nitrogens with two attached hydrogens (primary N) is 1. The number of hydrogen-bond donors (Lipinski definition) is 5. The molecule has 0 fully saturated rings. The molecule has 19 heavy (non-hydrogen) atoms. The van der Waals surface area contributed by atoms with E-state index in [4.69, 9.17) is 10.8 Å². The fraction of sp³-hybridized carbons (Fsp3) is 0.200. The van der Waals surface area contributed by atoms with E-state index in [1.807, 2.05) is 0 Å². The van der Waals surface area contributed by atoms with E-state index < -0.39 is 18.2 Å². The minimum Gasteiger partial charge on any atom is -0.479 e. The summed E-state index contributed by atoms with van der Waals surface area (Å²) in [5.74, 6) is -1.53. The van der Waals surface area contributed by atoms with Gasteiger partial charge < -0.3 is 26.0 Å². The number of imidazole rings is 1. The minimum absolute atomic E-state index is 0. The van der Waals surface area contributed by atoms with Gasteiger partial charge >= 0.3 is 5.97 Å². The Balaban J connectivity index is 0.00000162. The molecule has 6 N–H and O–H groups in total. The van der Waals surface area contributed by atoms with Crippen molar-refractivity contribution in [2.45, 2.75) is 12.2 Å². The number of H-pyrrole nitrogens is 1. The summed E-state index contributed by atoms with van der Waals surface area (Å²) in [5.41, 5.74) is 7.18. The number of nitrogen functional groups attached to an aromatic ring is 1. The van der Waals surface area contributed by atoms with Crippen molar-refractivity contribution >= 4 is 47.5 Å². The molecule has 2 aromatic rings. The number of halogens is 2. The summed E-state index contributed by atoms with van der Waals surface area (Å²) in [6, 6.07) is 4.86. The Bertz CT molecular complexity index is 575. The second kappa shape index (κ2) is 6.58. The summed E-state index contributed by atoms with van der Waals surface area (Å²) in [7, 11) is 0. The third-order valence-corrected chi connectivity index (χ3v) is 2.36. The van der Waals surface area contributed by atoms with Crippen LogP contribution < -0.4 is 5.73 Å². The zero-order valence-electron chi connectivity index (χ0n) is 9.48. The number of aliphatic hydroxyl groups is 2. The van der Waals surface area contributed by atoms with Crippen LogP contribution in [-0.4, -0.2) is 37.4 Å². The van der Waals surface area contributed by atoms with E-state index in [0.29, 0.717) is 16.7 Å². The highest BCUT2D eigenvalue weighted by atomic mass is 35.5. The Labute approximate surface area is 120 Å². The monoisotopic (exact) mass is 309 g/mol. The highest BCUT2D eigenvalue weighted by molar-refractivity contribution is 5.85. The summed E-state index contributed by atoms with van der Waals surface area (Å²) < 4.78 is 0. The van der Waals surface area contributed by atoms with Crippen LogP contribution in [0.2, 0.25) is 0 Å². The number of carboxylic acids is 1. The number of hydrogen-bond acceptors (Lipinski definition) is 5. The Morgan fingerprint density at radius 1 is 1.32 bits per heavy atom. The molecule has 0 saturated heterocycles. The molecule has 1 aromatic carbocycles. The molecule has 0 aliphatic rings. The molecule has 2 atom stereocenters. The van der Waals surface area contributed by atoms with E-state index in [0.717, 1.165) is 0 Å². The van der Waals surface area contributed by atoms with Gasteiger partial charge in [0.1, 0.15) is 11.9 Å². The van der Waals surface area contributed by atoms with Gasteiger partial charge in [-0.25, -0.2) is 9.78 Å². The molecule has 2 rings (SSSR count). The fourth-order valence-electron chi connectivity index (χ4n) is 1.47. The van der Waals surface area contributed by atoms with Crippen molar-refractivity contribution < 1.29 is 20.1 Å². The largest absolute Gasteiger partial charge is 0.479 e. The lowest BCUT2D eigenvalue weighted by atomic mass is 10.2. The molecule has 0 amide bonds. The third-order valence-electron chi connectivity index (χ3n) is 2.36. The maximum atomic E-state index is 10.5. The predicted octanol–water partition coefficient (Wildman–Crippen LogP) is 0.468. The number of aromatic amines is 1. The normalized spacial score (nSPS) is 13.2. The van der Waals surface area contributed by atoms with Crippen molar-refractivity contribution in [2.24, 2.45) is 0 Å². The van der Waals surface area contributed by atoms with Crippen LogP contribution in [0.5, 0.6) is 0 Å². The molecule has 106 valence electrons. The van der Waals surface area contributed by atoms with Gasteiger partial charge in [0.05, 0.1) is 11.0 Å². The third kappa shape index (κ3) is 3.48. The first-order valence-corrected chi connectivity index (χ1v) is 4.83. The smallest absolute Gasteiger partial charge is 0.335 e. The maximum Gasteiger partial charge on any atom is 0.335 e. The van der Waals surface area contributed by atoms with Crippen molar-refractivity contribution in [3.05, 3.63) is 24.0 Å². The average molecular weight is 310 g/mol. The lowest BCUT2D eigenvalue weighted by Gasteiger charge is -2.10. The van der Waals surface area contributed by atoms with Crippen LogP contribution in [-0.2, 0) is 4.79 Å². The van der Waals surface area contributed by atoms with Gasteiger partial charge in [-0.1, -0.05) is 0 Å². The van der Waals surface area contributed by atoms with E-state index in [-0.39, 0.29) is 30.6 Å². The molecule has 0 radical (unpaired) electrons. The molecule has 7 nitrogen and oxygen atoms in total. The maximum absolute atomic E-state index is 10.5. The molecule has 0 saturated carbocycles. The van der Waals surface area contributed by atoms with Crippen molar-refractivity contribution in [3.8, 4) is 0 Å². The summed E-state index contributed by atoms with van der Waals surface area (Å²) in [5, 5.41) is 27.3. The molecular weight excluding hydrogens is 297 g/mol. The van der Waals surface area contributed by atoms with Gasteiger partial charge in [-0.15, -0.1) is 24.8 Å². The highest BCUT2D eigenvalue weighted by Crippen LogP contribution is 2.20. The number of nitrogens with one attached hydrogen (secondary N) is 1. The van der Waals surface area contributed by atoms with Gasteiger partial charge in [0.25, 0.3) is 0 Å². The predicted molar refractivity (Wildman–Crippen MR) is 73.6 cm³/mol. The van der Waals surface area contributed by atoms with Gasteiger partial charge in [-0.3, -0.25) is 0 Å². The number of aliphatic carboxylic acids is 1. The standard InChI is InChI=1S/C10H11N3O4.2ClH/c11-4-1-2-5-6(3-4)13-9(12-5)7(14)8(15)10(16)17;;/h1-3,7-8,14-15H,11H2,(H,12,13)(H,16,17);2*1H. The van der Waals surface area contributed by atoms with E-state index in [9.17, 15) is 15.0 Å². The molecule has 2 unspecified atom stereocenters.